The van der Waals surface area contributed by atoms with Crippen molar-refractivity contribution in [3.05, 3.63) is 35.9 Å². The standard InChI is InChI=1S/C13H16O/c1-12-8-7-11(9-12)13(12,14)10-5-3-2-4-6-10/h2-6,11,14H,7-9H2,1H3/t11-,12-,13+/m1/s1. The Labute approximate surface area is 84.8 Å². The summed E-state index contributed by atoms with van der Waals surface area (Å²) < 4.78 is 0. The fraction of sp³-hybridized carbons (Fsp3) is 0.538. The molecule has 1 aromatic carbocycles. The highest BCUT2D eigenvalue weighted by Crippen LogP contribution is 2.69. The number of hydrogen-bond acceptors (Lipinski definition) is 1. The third kappa shape index (κ3) is 0.755. The zero-order valence-electron chi connectivity index (χ0n) is 8.53. The summed E-state index contributed by atoms with van der Waals surface area (Å²) in [5.41, 5.74) is 0.754. The van der Waals surface area contributed by atoms with E-state index in [4.69, 9.17) is 0 Å². The molecule has 0 aromatic heterocycles. The van der Waals surface area contributed by atoms with Gasteiger partial charge in [-0.3, -0.25) is 0 Å². The second-order valence-corrected chi connectivity index (χ2v) is 5.13. The lowest BCUT2D eigenvalue weighted by atomic mass is 9.55. The zero-order chi connectivity index (χ0) is 9.81. The van der Waals surface area contributed by atoms with Gasteiger partial charge in [0.1, 0.15) is 0 Å². The van der Waals surface area contributed by atoms with Crippen molar-refractivity contribution in [2.45, 2.75) is 31.8 Å². The first-order valence-corrected chi connectivity index (χ1v) is 5.45. The second-order valence-electron chi connectivity index (χ2n) is 5.13. The smallest absolute Gasteiger partial charge is 0.0978 e. The Morgan fingerprint density at radius 2 is 2.00 bits per heavy atom. The Morgan fingerprint density at radius 1 is 1.29 bits per heavy atom. The van der Waals surface area contributed by atoms with Crippen molar-refractivity contribution in [2.24, 2.45) is 11.3 Å². The minimum absolute atomic E-state index is 0.152. The number of hydrogen-bond donors (Lipinski definition) is 1. The van der Waals surface area contributed by atoms with E-state index >= 15 is 0 Å². The first kappa shape index (κ1) is 8.49. The van der Waals surface area contributed by atoms with Crippen LogP contribution in [0.15, 0.2) is 30.3 Å². The topological polar surface area (TPSA) is 20.2 Å². The van der Waals surface area contributed by atoms with Gasteiger partial charge in [-0.25, -0.2) is 0 Å². The monoisotopic (exact) mass is 188 g/mol. The lowest BCUT2D eigenvalue weighted by Crippen LogP contribution is -2.54. The van der Waals surface area contributed by atoms with Gasteiger partial charge >= 0.3 is 0 Å². The van der Waals surface area contributed by atoms with Crippen LogP contribution in [0.2, 0.25) is 0 Å². The summed E-state index contributed by atoms with van der Waals surface area (Å²) >= 11 is 0. The van der Waals surface area contributed by atoms with Crippen molar-refractivity contribution in [2.75, 3.05) is 0 Å². The predicted molar refractivity (Wildman–Crippen MR) is 55.8 cm³/mol. The van der Waals surface area contributed by atoms with E-state index in [1.54, 1.807) is 0 Å². The lowest BCUT2D eigenvalue weighted by Gasteiger charge is -2.53. The van der Waals surface area contributed by atoms with Crippen LogP contribution < -0.4 is 0 Å². The molecule has 1 aromatic rings. The SMILES string of the molecule is C[C@@]12CC[C@H](C1)[C@@]2(O)c1ccccc1. The van der Waals surface area contributed by atoms with Gasteiger partial charge < -0.3 is 5.11 Å². The molecule has 0 radical (unpaired) electrons. The summed E-state index contributed by atoms with van der Waals surface area (Å²) in [6.45, 7) is 2.23. The molecule has 0 spiro atoms. The maximum atomic E-state index is 10.7. The van der Waals surface area contributed by atoms with Crippen LogP contribution in [0.25, 0.3) is 0 Å². The molecule has 3 aliphatic rings. The third-order valence-electron chi connectivity index (χ3n) is 4.47. The molecule has 0 unspecified atom stereocenters. The minimum atomic E-state index is -0.520. The van der Waals surface area contributed by atoms with Crippen LogP contribution in [-0.4, -0.2) is 5.11 Å². The maximum absolute atomic E-state index is 10.7. The van der Waals surface area contributed by atoms with Gasteiger partial charge in [0.25, 0.3) is 0 Å². The maximum Gasteiger partial charge on any atom is 0.0978 e. The highest BCUT2D eigenvalue weighted by molar-refractivity contribution is 5.33. The largest absolute Gasteiger partial charge is 0.384 e. The van der Waals surface area contributed by atoms with Gasteiger partial charge in [0.2, 0.25) is 0 Å². The Bertz CT molecular complexity index is 355. The van der Waals surface area contributed by atoms with E-state index < -0.39 is 5.60 Å². The summed E-state index contributed by atoms with van der Waals surface area (Å²) in [6, 6.07) is 10.2. The summed E-state index contributed by atoms with van der Waals surface area (Å²) in [7, 11) is 0. The summed E-state index contributed by atoms with van der Waals surface area (Å²) in [6.07, 6.45) is 3.59. The van der Waals surface area contributed by atoms with E-state index in [1.807, 2.05) is 18.2 Å². The lowest BCUT2D eigenvalue weighted by molar-refractivity contribution is -0.174. The van der Waals surface area contributed by atoms with Gasteiger partial charge in [0, 0.05) is 5.41 Å². The Kier molecular flexibility index (Phi) is 1.46. The molecule has 74 valence electrons. The number of benzene rings is 1. The fourth-order valence-corrected chi connectivity index (χ4v) is 3.58. The molecule has 3 fully saturated rings. The summed E-state index contributed by atoms with van der Waals surface area (Å²) in [5, 5.41) is 10.7. The van der Waals surface area contributed by atoms with Crippen LogP contribution in [0.5, 0.6) is 0 Å². The molecule has 4 rings (SSSR count). The molecule has 3 atom stereocenters. The highest BCUT2D eigenvalue weighted by Gasteiger charge is 2.67. The first-order valence-electron chi connectivity index (χ1n) is 5.45. The Hall–Kier alpha value is -0.820. The van der Waals surface area contributed by atoms with E-state index in [2.05, 4.69) is 19.1 Å². The van der Waals surface area contributed by atoms with Crippen molar-refractivity contribution < 1.29 is 5.11 Å². The fourth-order valence-electron chi connectivity index (χ4n) is 3.58. The van der Waals surface area contributed by atoms with Gasteiger partial charge in [-0.05, 0) is 30.7 Å². The molecule has 0 aliphatic heterocycles. The van der Waals surface area contributed by atoms with Gasteiger partial charge in [-0.2, -0.15) is 0 Å². The molecular weight excluding hydrogens is 172 g/mol. The van der Waals surface area contributed by atoms with E-state index in [0.29, 0.717) is 5.92 Å². The molecule has 1 heteroatoms. The molecule has 14 heavy (non-hydrogen) atoms. The first-order chi connectivity index (χ1) is 6.67. The average Bonchev–Trinajstić information content (AvgIpc) is 2.73. The number of fused-ring (bicyclic) bond motifs is 1. The van der Waals surface area contributed by atoms with Crippen LogP contribution in [0.4, 0.5) is 0 Å². The Morgan fingerprint density at radius 3 is 2.50 bits per heavy atom. The van der Waals surface area contributed by atoms with Gasteiger partial charge in [0.05, 0.1) is 5.60 Å². The van der Waals surface area contributed by atoms with Crippen molar-refractivity contribution in [1.82, 2.24) is 0 Å². The van der Waals surface area contributed by atoms with Crippen LogP contribution in [0.1, 0.15) is 31.7 Å². The number of aliphatic hydroxyl groups is 1. The van der Waals surface area contributed by atoms with Gasteiger partial charge in [-0.1, -0.05) is 37.3 Å². The van der Waals surface area contributed by atoms with E-state index in [-0.39, 0.29) is 5.41 Å². The summed E-state index contributed by atoms with van der Waals surface area (Å²) in [4.78, 5) is 0. The molecular formula is C13H16O. The molecule has 3 aliphatic carbocycles. The molecule has 1 N–H and O–H groups in total. The molecule has 0 heterocycles. The highest BCUT2D eigenvalue weighted by atomic mass is 16.3. The van der Waals surface area contributed by atoms with Gasteiger partial charge in [0.15, 0.2) is 0 Å². The normalized spacial score (nSPS) is 44.9. The molecule has 2 bridgehead atoms. The predicted octanol–water partition coefficient (Wildman–Crippen LogP) is 2.69. The van der Waals surface area contributed by atoms with E-state index in [1.165, 1.54) is 19.3 Å². The molecule has 0 amide bonds. The van der Waals surface area contributed by atoms with Crippen LogP contribution in [0, 0.1) is 11.3 Å². The van der Waals surface area contributed by atoms with Crippen LogP contribution in [-0.2, 0) is 5.60 Å². The van der Waals surface area contributed by atoms with Crippen LogP contribution >= 0.6 is 0 Å². The van der Waals surface area contributed by atoms with E-state index in [0.717, 1.165) is 5.56 Å². The van der Waals surface area contributed by atoms with Crippen molar-refractivity contribution >= 4 is 0 Å². The van der Waals surface area contributed by atoms with Crippen LogP contribution in [0.3, 0.4) is 0 Å². The third-order valence-corrected chi connectivity index (χ3v) is 4.47. The second kappa shape index (κ2) is 2.40. The van der Waals surface area contributed by atoms with Crippen molar-refractivity contribution in [3.8, 4) is 0 Å². The quantitative estimate of drug-likeness (QED) is 0.718. The summed E-state index contributed by atoms with van der Waals surface area (Å²) in [5.74, 6) is 0.509. The zero-order valence-corrected chi connectivity index (χ0v) is 8.53. The Balaban J connectivity index is 2.07. The minimum Gasteiger partial charge on any atom is -0.384 e. The molecule has 3 saturated carbocycles. The average molecular weight is 188 g/mol. The van der Waals surface area contributed by atoms with E-state index in [9.17, 15) is 5.11 Å². The number of rotatable bonds is 1. The molecule has 1 nitrogen and oxygen atoms in total. The van der Waals surface area contributed by atoms with Crippen molar-refractivity contribution in [3.63, 3.8) is 0 Å². The van der Waals surface area contributed by atoms with Gasteiger partial charge in [-0.15, -0.1) is 0 Å². The van der Waals surface area contributed by atoms with Crippen molar-refractivity contribution in [1.29, 1.82) is 0 Å². The molecule has 0 saturated heterocycles.